The standard InChI is InChI=1S/C9H15F/c1-4-5-6-7-8(2)9(3)10/h6-7H,4-5H2,1-3H3/b7-6-,9-8+. The minimum atomic E-state index is -0.0904. The molecule has 0 atom stereocenters. The van der Waals surface area contributed by atoms with Gasteiger partial charge in [-0.05, 0) is 25.8 Å². The number of rotatable bonds is 3. The smallest absolute Gasteiger partial charge is 0.0997 e. The molecular formula is C9H15F. The molecule has 1 heteroatoms. The summed E-state index contributed by atoms with van der Waals surface area (Å²) in [6.45, 7) is 5.36. The van der Waals surface area contributed by atoms with Crippen LogP contribution in [0.25, 0.3) is 0 Å². The van der Waals surface area contributed by atoms with Crippen LogP contribution in [0.3, 0.4) is 0 Å². The summed E-state index contributed by atoms with van der Waals surface area (Å²) in [5.74, 6) is -0.0904. The highest BCUT2D eigenvalue weighted by Gasteiger charge is 1.87. The maximum absolute atomic E-state index is 12.4. The van der Waals surface area contributed by atoms with E-state index < -0.39 is 0 Å². The van der Waals surface area contributed by atoms with Crippen molar-refractivity contribution in [3.63, 3.8) is 0 Å². The molecule has 0 rings (SSSR count). The Morgan fingerprint density at radius 3 is 2.40 bits per heavy atom. The van der Waals surface area contributed by atoms with Crippen molar-refractivity contribution in [1.82, 2.24) is 0 Å². The normalized spacial score (nSPS) is 14.0. The summed E-state index contributed by atoms with van der Waals surface area (Å²) in [7, 11) is 0. The van der Waals surface area contributed by atoms with Crippen molar-refractivity contribution in [3.05, 3.63) is 23.6 Å². The largest absolute Gasteiger partial charge is 0.212 e. The van der Waals surface area contributed by atoms with Gasteiger partial charge in [0.15, 0.2) is 0 Å². The summed E-state index contributed by atoms with van der Waals surface area (Å²) in [5, 5.41) is 0. The van der Waals surface area contributed by atoms with Crippen LogP contribution in [0.1, 0.15) is 33.6 Å². The molecule has 0 heterocycles. The molecular weight excluding hydrogens is 127 g/mol. The summed E-state index contributed by atoms with van der Waals surface area (Å²) in [6, 6.07) is 0. The average Bonchev–Trinajstić information content (AvgIpc) is 1.88. The van der Waals surface area contributed by atoms with Gasteiger partial charge in [0.05, 0.1) is 5.83 Å². The van der Waals surface area contributed by atoms with Crippen molar-refractivity contribution in [1.29, 1.82) is 0 Å². The van der Waals surface area contributed by atoms with Crippen molar-refractivity contribution < 1.29 is 4.39 Å². The lowest BCUT2D eigenvalue weighted by atomic mass is 10.2. The first-order valence-electron chi connectivity index (χ1n) is 3.68. The molecule has 0 aliphatic rings. The lowest BCUT2D eigenvalue weighted by molar-refractivity contribution is 0.631. The van der Waals surface area contributed by atoms with Gasteiger partial charge in [0.2, 0.25) is 0 Å². The van der Waals surface area contributed by atoms with Crippen LogP contribution in [0.2, 0.25) is 0 Å². The zero-order valence-corrected chi connectivity index (χ0v) is 6.95. The van der Waals surface area contributed by atoms with E-state index in [0.29, 0.717) is 0 Å². The van der Waals surface area contributed by atoms with Gasteiger partial charge in [-0.15, -0.1) is 0 Å². The fourth-order valence-electron chi connectivity index (χ4n) is 0.542. The molecule has 10 heavy (non-hydrogen) atoms. The van der Waals surface area contributed by atoms with Gasteiger partial charge < -0.3 is 0 Å². The maximum atomic E-state index is 12.4. The summed E-state index contributed by atoms with van der Waals surface area (Å²) in [6.07, 6.45) is 5.98. The second kappa shape index (κ2) is 5.21. The Bertz CT molecular complexity index is 139. The van der Waals surface area contributed by atoms with Crippen LogP contribution in [0, 0.1) is 0 Å². The molecule has 0 aromatic heterocycles. The lowest BCUT2D eigenvalue weighted by Gasteiger charge is -1.90. The van der Waals surface area contributed by atoms with Crippen LogP contribution >= 0.6 is 0 Å². The molecule has 0 unspecified atom stereocenters. The third-order valence-corrected chi connectivity index (χ3v) is 1.37. The Morgan fingerprint density at radius 2 is 2.00 bits per heavy atom. The number of allylic oxidation sites excluding steroid dienone is 4. The highest BCUT2D eigenvalue weighted by Crippen LogP contribution is 2.05. The van der Waals surface area contributed by atoms with E-state index in [-0.39, 0.29) is 5.83 Å². The Morgan fingerprint density at radius 1 is 1.40 bits per heavy atom. The second-order valence-corrected chi connectivity index (χ2v) is 2.41. The van der Waals surface area contributed by atoms with Crippen molar-refractivity contribution in [2.45, 2.75) is 33.6 Å². The first-order chi connectivity index (χ1) is 4.68. The third kappa shape index (κ3) is 4.30. The minimum Gasteiger partial charge on any atom is -0.212 e. The van der Waals surface area contributed by atoms with Gasteiger partial charge in [-0.1, -0.05) is 25.5 Å². The Labute approximate surface area is 62.4 Å². The Balaban J connectivity index is 3.78. The van der Waals surface area contributed by atoms with E-state index in [0.717, 1.165) is 18.4 Å². The van der Waals surface area contributed by atoms with Crippen LogP contribution < -0.4 is 0 Å². The van der Waals surface area contributed by atoms with Crippen molar-refractivity contribution in [3.8, 4) is 0 Å². The van der Waals surface area contributed by atoms with E-state index in [1.807, 2.05) is 12.2 Å². The van der Waals surface area contributed by atoms with Crippen LogP contribution in [-0.4, -0.2) is 0 Å². The van der Waals surface area contributed by atoms with Crippen LogP contribution in [0.5, 0.6) is 0 Å². The Kier molecular flexibility index (Phi) is 4.91. The molecule has 0 aromatic rings. The number of hydrogen-bond donors (Lipinski definition) is 0. The molecule has 0 bridgehead atoms. The Hall–Kier alpha value is -0.590. The first kappa shape index (κ1) is 9.41. The fraction of sp³-hybridized carbons (Fsp3) is 0.556. The van der Waals surface area contributed by atoms with Crippen molar-refractivity contribution in [2.75, 3.05) is 0 Å². The van der Waals surface area contributed by atoms with E-state index in [2.05, 4.69) is 6.92 Å². The zero-order valence-electron chi connectivity index (χ0n) is 6.95. The minimum absolute atomic E-state index is 0.0904. The first-order valence-corrected chi connectivity index (χ1v) is 3.68. The zero-order chi connectivity index (χ0) is 7.98. The van der Waals surface area contributed by atoms with E-state index in [1.54, 1.807) is 6.92 Å². The molecule has 0 amide bonds. The molecule has 0 saturated heterocycles. The van der Waals surface area contributed by atoms with E-state index in [4.69, 9.17) is 0 Å². The predicted octanol–water partition coefficient (Wildman–Crippen LogP) is 3.61. The van der Waals surface area contributed by atoms with Gasteiger partial charge >= 0.3 is 0 Å². The van der Waals surface area contributed by atoms with Gasteiger partial charge in [0.1, 0.15) is 0 Å². The highest BCUT2D eigenvalue weighted by atomic mass is 19.1. The van der Waals surface area contributed by atoms with Crippen molar-refractivity contribution >= 4 is 0 Å². The molecule has 0 N–H and O–H groups in total. The van der Waals surface area contributed by atoms with E-state index in [9.17, 15) is 4.39 Å². The average molecular weight is 142 g/mol. The number of hydrogen-bond acceptors (Lipinski definition) is 0. The molecule has 0 nitrogen and oxygen atoms in total. The molecule has 0 spiro atoms. The third-order valence-electron chi connectivity index (χ3n) is 1.37. The molecule has 0 aliphatic heterocycles. The summed E-state index contributed by atoms with van der Waals surface area (Å²) >= 11 is 0. The molecule has 58 valence electrons. The number of halogens is 1. The summed E-state index contributed by atoms with van der Waals surface area (Å²) in [5.41, 5.74) is 0.730. The molecule has 0 saturated carbocycles. The molecule has 0 aliphatic carbocycles. The maximum Gasteiger partial charge on any atom is 0.0997 e. The fourth-order valence-corrected chi connectivity index (χ4v) is 0.542. The van der Waals surface area contributed by atoms with Crippen LogP contribution in [0.4, 0.5) is 4.39 Å². The highest BCUT2D eigenvalue weighted by molar-refractivity contribution is 5.18. The van der Waals surface area contributed by atoms with Gasteiger partial charge in [0, 0.05) is 0 Å². The molecule has 0 radical (unpaired) electrons. The van der Waals surface area contributed by atoms with E-state index in [1.165, 1.54) is 6.92 Å². The quantitative estimate of drug-likeness (QED) is 0.528. The molecule has 0 aromatic carbocycles. The van der Waals surface area contributed by atoms with Crippen molar-refractivity contribution in [2.24, 2.45) is 0 Å². The lowest BCUT2D eigenvalue weighted by Crippen LogP contribution is -1.71. The van der Waals surface area contributed by atoms with Gasteiger partial charge in [-0.3, -0.25) is 0 Å². The SMILES string of the molecule is CCC/C=C\C(C)=C(/C)F. The van der Waals surface area contributed by atoms with Gasteiger partial charge in [0.25, 0.3) is 0 Å². The predicted molar refractivity (Wildman–Crippen MR) is 43.5 cm³/mol. The van der Waals surface area contributed by atoms with E-state index >= 15 is 0 Å². The topological polar surface area (TPSA) is 0 Å². The summed E-state index contributed by atoms with van der Waals surface area (Å²) in [4.78, 5) is 0. The van der Waals surface area contributed by atoms with Crippen LogP contribution in [0.15, 0.2) is 23.6 Å². The number of unbranched alkanes of at least 4 members (excludes halogenated alkanes) is 1. The molecule has 0 fully saturated rings. The monoisotopic (exact) mass is 142 g/mol. The van der Waals surface area contributed by atoms with Gasteiger partial charge in [-0.2, -0.15) is 0 Å². The van der Waals surface area contributed by atoms with Gasteiger partial charge in [-0.25, -0.2) is 4.39 Å². The summed E-state index contributed by atoms with van der Waals surface area (Å²) < 4.78 is 12.4. The van der Waals surface area contributed by atoms with Crippen LogP contribution in [-0.2, 0) is 0 Å². The second-order valence-electron chi connectivity index (χ2n) is 2.41.